The average molecular weight is 264 g/mol. The first-order valence-electron chi connectivity index (χ1n) is 6.06. The molecule has 1 aromatic rings. The molecule has 0 saturated carbocycles. The zero-order chi connectivity index (χ0) is 13.8. The Balaban J connectivity index is 1.93. The standard InChI is InChI=1S/C13H16N2O4/c1-8(2-5-13(17)15-14)19-9-3-4-10-11(16)7-18-12(10)6-9/h3-4,6,8H,2,5,7,14H2,1H3,(H,15,17). The Morgan fingerprint density at radius 2 is 2.37 bits per heavy atom. The fourth-order valence-corrected chi connectivity index (χ4v) is 1.84. The normalized spacial score (nSPS) is 14.5. The first-order valence-corrected chi connectivity index (χ1v) is 6.06. The second-order valence-electron chi connectivity index (χ2n) is 4.40. The SMILES string of the molecule is CC(CCC(=O)NN)Oc1ccc2c(c1)OCC2=O. The third kappa shape index (κ3) is 3.23. The van der Waals surface area contributed by atoms with Crippen LogP contribution in [0.15, 0.2) is 18.2 Å². The average Bonchev–Trinajstić information content (AvgIpc) is 2.77. The molecule has 3 N–H and O–H groups in total. The minimum absolute atomic E-state index is 0.0192. The molecule has 1 unspecified atom stereocenters. The van der Waals surface area contributed by atoms with E-state index in [1.54, 1.807) is 18.2 Å². The Morgan fingerprint density at radius 1 is 1.58 bits per heavy atom. The molecule has 1 aliphatic rings. The summed E-state index contributed by atoms with van der Waals surface area (Å²) in [6.07, 6.45) is 0.727. The molecule has 0 radical (unpaired) electrons. The van der Waals surface area contributed by atoms with Crippen molar-refractivity contribution in [1.29, 1.82) is 0 Å². The van der Waals surface area contributed by atoms with E-state index in [9.17, 15) is 9.59 Å². The van der Waals surface area contributed by atoms with Crippen LogP contribution >= 0.6 is 0 Å². The number of benzene rings is 1. The summed E-state index contributed by atoms with van der Waals surface area (Å²) in [7, 11) is 0. The molecule has 6 heteroatoms. The van der Waals surface area contributed by atoms with Gasteiger partial charge in [0, 0.05) is 12.5 Å². The summed E-state index contributed by atoms with van der Waals surface area (Å²) < 4.78 is 10.9. The fourth-order valence-electron chi connectivity index (χ4n) is 1.84. The van der Waals surface area contributed by atoms with Crippen LogP contribution in [-0.4, -0.2) is 24.4 Å². The predicted octanol–water partition coefficient (Wildman–Crippen LogP) is 0.799. The van der Waals surface area contributed by atoms with Gasteiger partial charge >= 0.3 is 0 Å². The van der Waals surface area contributed by atoms with Crippen LogP contribution in [0, 0.1) is 0 Å². The fraction of sp³-hybridized carbons (Fsp3) is 0.385. The number of ketones is 1. The smallest absolute Gasteiger partial charge is 0.234 e. The molecule has 1 atom stereocenters. The number of nitrogens with two attached hydrogens (primary N) is 1. The Kier molecular flexibility index (Phi) is 4.01. The zero-order valence-electron chi connectivity index (χ0n) is 10.6. The number of hydrogen-bond acceptors (Lipinski definition) is 5. The van der Waals surface area contributed by atoms with Gasteiger partial charge in [0.1, 0.15) is 11.5 Å². The summed E-state index contributed by atoms with van der Waals surface area (Å²) in [5, 5.41) is 0. The van der Waals surface area contributed by atoms with Gasteiger partial charge in [-0.3, -0.25) is 15.0 Å². The molecule has 0 saturated heterocycles. The lowest BCUT2D eigenvalue weighted by molar-refractivity contribution is -0.121. The predicted molar refractivity (Wildman–Crippen MR) is 67.9 cm³/mol. The van der Waals surface area contributed by atoms with E-state index in [0.29, 0.717) is 29.9 Å². The van der Waals surface area contributed by atoms with E-state index in [1.165, 1.54) is 0 Å². The van der Waals surface area contributed by atoms with Crippen LogP contribution in [0.5, 0.6) is 11.5 Å². The Hall–Kier alpha value is -2.08. The molecule has 0 aliphatic carbocycles. The van der Waals surface area contributed by atoms with Gasteiger partial charge in [0.2, 0.25) is 11.7 Å². The monoisotopic (exact) mass is 264 g/mol. The number of Topliss-reactive ketones (excluding diaryl/α,β-unsaturated/α-hetero) is 1. The molecule has 2 rings (SSSR count). The maximum Gasteiger partial charge on any atom is 0.234 e. The lowest BCUT2D eigenvalue weighted by atomic mass is 10.1. The van der Waals surface area contributed by atoms with Crippen molar-refractivity contribution in [2.75, 3.05) is 6.61 Å². The van der Waals surface area contributed by atoms with Crippen LogP contribution in [0.1, 0.15) is 30.1 Å². The van der Waals surface area contributed by atoms with Crippen molar-refractivity contribution in [1.82, 2.24) is 5.43 Å². The summed E-state index contributed by atoms with van der Waals surface area (Å²) >= 11 is 0. The van der Waals surface area contributed by atoms with Crippen molar-refractivity contribution in [3.05, 3.63) is 23.8 Å². The molecule has 102 valence electrons. The highest BCUT2D eigenvalue weighted by Crippen LogP contribution is 2.30. The molecule has 1 amide bonds. The van der Waals surface area contributed by atoms with Gasteiger partial charge in [-0.15, -0.1) is 0 Å². The molecule has 0 fully saturated rings. The van der Waals surface area contributed by atoms with E-state index >= 15 is 0 Å². The van der Waals surface area contributed by atoms with Crippen molar-refractivity contribution < 1.29 is 19.1 Å². The van der Waals surface area contributed by atoms with Crippen LogP contribution in [0.4, 0.5) is 0 Å². The van der Waals surface area contributed by atoms with Crippen LogP contribution in [0.2, 0.25) is 0 Å². The van der Waals surface area contributed by atoms with E-state index in [0.717, 1.165) is 0 Å². The Morgan fingerprint density at radius 3 is 3.11 bits per heavy atom. The van der Waals surface area contributed by atoms with Crippen LogP contribution in [0.25, 0.3) is 0 Å². The maximum atomic E-state index is 11.4. The third-order valence-corrected chi connectivity index (χ3v) is 2.89. The van der Waals surface area contributed by atoms with Crippen LogP contribution in [0.3, 0.4) is 0 Å². The summed E-state index contributed by atoms with van der Waals surface area (Å²) in [5.74, 6) is 5.92. The maximum absolute atomic E-state index is 11.4. The van der Waals surface area contributed by atoms with Gasteiger partial charge in [0.15, 0.2) is 6.61 Å². The molecule has 0 aromatic heterocycles. The number of ether oxygens (including phenoxy) is 2. The Labute approximate surface area is 110 Å². The van der Waals surface area contributed by atoms with Gasteiger partial charge in [0.25, 0.3) is 0 Å². The molecule has 1 aromatic carbocycles. The van der Waals surface area contributed by atoms with Gasteiger partial charge in [-0.1, -0.05) is 0 Å². The molecule has 0 spiro atoms. The number of amides is 1. The third-order valence-electron chi connectivity index (χ3n) is 2.89. The van der Waals surface area contributed by atoms with Crippen molar-refractivity contribution in [2.45, 2.75) is 25.9 Å². The van der Waals surface area contributed by atoms with Gasteiger partial charge in [-0.2, -0.15) is 0 Å². The van der Waals surface area contributed by atoms with Gasteiger partial charge in [-0.05, 0) is 25.5 Å². The van der Waals surface area contributed by atoms with E-state index < -0.39 is 0 Å². The van der Waals surface area contributed by atoms with Gasteiger partial charge < -0.3 is 9.47 Å². The summed E-state index contributed by atoms with van der Waals surface area (Å²) in [5.41, 5.74) is 2.66. The molecular formula is C13H16N2O4. The summed E-state index contributed by atoms with van der Waals surface area (Å²) in [6.45, 7) is 1.95. The Bertz CT molecular complexity index is 501. The molecule has 0 bridgehead atoms. The van der Waals surface area contributed by atoms with Gasteiger partial charge in [0.05, 0.1) is 11.7 Å². The number of carbonyl (C=O) groups is 2. The quantitative estimate of drug-likeness (QED) is 0.466. The largest absolute Gasteiger partial charge is 0.491 e. The number of fused-ring (bicyclic) bond motifs is 1. The van der Waals surface area contributed by atoms with Crippen LogP contribution in [-0.2, 0) is 4.79 Å². The molecule has 6 nitrogen and oxygen atoms in total. The topological polar surface area (TPSA) is 90.7 Å². The highest BCUT2D eigenvalue weighted by molar-refractivity contribution is 6.02. The second-order valence-corrected chi connectivity index (χ2v) is 4.40. The molecule has 19 heavy (non-hydrogen) atoms. The number of nitrogens with one attached hydrogen (secondary N) is 1. The van der Waals surface area contributed by atoms with Gasteiger partial charge in [-0.25, -0.2) is 5.84 Å². The van der Waals surface area contributed by atoms with E-state index in [1.807, 2.05) is 6.92 Å². The molecule has 1 aliphatic heterocycles. The zero-order valence-corrected chi connectivity index (χ0v) is 10.6. The summed E-state index contributed by atoms with van der Waals surface area (Å²) in [6, 6.07) is 5.12. The lowest BCUT2D eigenvalue weighted by Gasteiger charge is -2.14. The van der Waals surface area contributed by atoms with Crippen molar-refractivity contribution >= 4 is 11.7 Å². The van der Waals surface area contributed by atoms with Crippen LogP contribution < -0.4 is 20.7 Å². The van der Waals surface area contributed by atoms with Crippen molar-refractivity contribution in [3.63, 3.8) is 0 Å². The second kappa shape index (κ2) is 5.71. The highest BCUT2D eigenvalue weighted by Gasteiger charge is 2.21. The first kappa shape index (κ1) is 13.4. The molecular weight excluding hydrogens is 248 g/mol. The number of rotatable bonds is 5. The minimum atomic E-state index is -0.224. The van der Waals surface area contributed by atoms with E-state index in [4.69, 9.17) is 15.3 Å². The number of hydrogen-bond donors (Lipinski definition) is 2. The number of hydrazine groups is 1. The highest BCUT2D eigenvalue weighted by atomic mass is 16.5. The first-order chi connectivity index (χ1) is 9.10. The van der Waals surface area contributed by atoms with E-state index in [-0.39, 0.29) is 24.4 Å². The van der Waals surface area contributed by atoms with E-state index in [2.05, 4.69) is 5.43 Å². The number of carbonyl (C=O) groups excluding carboxylic acids is 2. The lowest BCUT2D eigenvalue weighted by Crippen LogP contribution is -2.30. The summed E-state index contributed by atoms with van der Waals surface area (Å²) in [4.78, 5) is 22.4. The van der Waals surface area contributed by atoms with Crippen molar-refractivity contribution in [3.8, 4) is 11.5 Å². The van der Waals surface area contributed by atoms with Crippen molar-refractivity contribution in [2.24, 2.45) is 5.84 Å². The minimum Gasteiger partial charge on any atom is -0.491 e. The molecule has 1 heterocycles.